The lowest BCUT2D eigenvalue weighted by molar-refractivity contribution is 1.20. The Kier molecular flexibility index (Phi) is 5.56. The SMILES string of the molecule is c1cc2ccc3cc(-c4cc5c6ccccc6c6c(c7ccccc7n6-c6cc7ccc8cccc9ccc(c6)c7c89)c5c5ccccc45)cc4ccc(c1)c2c34. The summed E-state index contributed by atoms with van der Waals surface area (Å²) in [5, 5.41) is 26.0. The minimum atomic E-state index is 1.19. The van der Waals surface area contributed by atoms with E-state index < -0.39 is 0 Å². The first-order valence-electron chi connectivity index (χ1n) is 19.9. The van der Waals surface area contributed by atoms with Crippen LogP contribution in [0.4, 0.5) is 0 Å². The molecular weight excluding hydrogens is 687 g/mol. The summed E-state index contributed by atoms with van der Waals surface area (Å²) >= 11 is 0. The molecular formula is C56H31N. The Hall–Kier alpha value is -7.48. The van der Waals surface area contributed by atoms with Crippen LogP contribution in [0, 0.1) is 0 Å². The molecule has 0 bridgehead atoms. The molecule has 13 aromatic carbocycles. The fraction of sp³-hybridized carbons (Fsp3) is 0. The first-order chi connectivity index (χ1) is 28.3. The van der Waals surface area contributed by atoms with Gasteiger partial charge in [-0.1, -0.05) is 152 Å². The second-order valence-corrected chi connectivity index (χ2v) is 16.0. The molecule has 1 nitrogen and oxygen atoms in total. The second kappa shape index (κ2) is 10.6. The molecule has 0 radical (unpaired) electrons. The molecule has 1 aromatic heterocycles. The van der Waals surface area contributed by atoms with Gasteiger partial charge in [-0.25, -0.2) is 0 Å². The molecule has 0 saturated heterocycles. The molecule has 0 saturated carbocycles. The Bertz CT molecular complexity index is 3900. The number of aromatic nitrogens is 1. The summed E-state index contributed by atoms with van der Waals surface area (Å²) in [5.74, 6) is 0. The third-order valence-corrected chi connectivity index (χ3v) is 13.1. The highest BCUT2D eigenvalue weighted by Crippen LogP contribution is 2.48. The minimum Gasteiger partial charge on any atom is -0.309 e. The maximum Gasteiger partial charge on any atom is 0.0626 e. The molecule has 0 amide bonds. The van der Waals surface area contributed by atoms with Gasteiger partial charge in [-0.2, -0.15) is 0 Å². The van der Waals surface area contributed by atoms with Crippen molar-refractivity contribution in [3.05, 3.63) is 188 Å². The van der Waals surface area contributed by atoms with E-state index in [4.69, 9.17) is 0 Å². The van der Waals surface area contributed by atoms with Crippen LogP contribution in [0.1, 0.15) is 0 Å². The first kappa shape index (κ1) is 29.8. The third kappa shape index (κ3) is 3.83. The van der Waals surface area contributed by atoms with Crippen molar-refractivity contribution in [1.82, 2.24) is 4.57 Å². The molecule has 0 aliphatic carbocycles. The molecule has 1 heteroatoms. The Morgan fingerprint density at radius 2 is 0.719 bits per heavy atom. The van der Waals surface area contributed by atoms with E-state index in [1.165, 1.54) is 136 Å². The van der Waals surface area contributed by atoms with Gasteiger partial charge in [0, 0.05) is 27.2 Å². The number of rotatable bonds is 2. The molecule has 0 spiro atoms. The zero-order chi connectivity index (χ0) is 36.9. The van der Waals surface area contributed by atoms with Gasteiger partial charge in [0.2, 0.25) is 0 Å². The summed E-state index contributed by atoms with van der Waals surface area (Å²) in [7, 11) is 0. The van der Waals surface area contributed by atoms with Crippen LogP contribution in [0.25, 0.3) is 136 Å². The fourth-order valence-electron chi connectivity index (χ4n) is 10.8. The van der Waals surface area contributed by atoms with Crippen molar-refractivity contribution in [2.24, 2.45) is 0 Å². The van der Waals surface area contributed by atoms with Gasteiger partial charge in [0.15, 0.2) is 0 Å². The molecule has 14 rings (SSSR count). The Labute approximate surface area is 326 Å². The summed E-state index contributed by atoms with van der Waals surface area (Å²) in [6, 6.07) is 71.0. The van der Waals surface area contributed by atoms with Gasteiger partial charge in [-0.15, -0.1) is 0 Å². The molecule has 260 valence electrons. The molecule has 0 atom stereocenters. The van der Waals surface area contributed by atoms with Crippen LogP contribution in [-0.2, 0) is 0 Å². The monoisotopic (exact) mass is 717 g/mol. The maximum atomic E-state index is 2.54. The van der Waals surface area contributed by atoms with E-state index in [0.717, 1.165) is 0 Å². The van der Waals surface area contributed by atoms with E-state index in [1.54, 1.807) is 0 Å². The van der Waals surface area contributed by atoms with Crippen LogP contribution in [0.15, 0.2) is 188 Å². The number of fused-ring (bicyclic) bond motifs is 10. The van der Waals surface area contributed by atoms with Crippen LogP contribution in [0.2, 0.25) is 0 Å². The number of nitrogens with zero attached hydrogens (tertiary/aromatic N) is 1. The Balaban J connectivity index is 1.13. The van der Waals surface area contributed by atoms with E-state index in [-0.39, 0.29) is 0 Å². The lowest BCUT2D eigenvalue weighted by atomic mass is 9.86. The van der Waals surface area contributed by atoms with Crippen molar-refractivity contribution in [2.45, 2.75) is 0 Å². The first-order valence-corrected chi connectivity index (χ1v) is 19.9. The van der Waals surface area contributed by atoms with Crippen molar-refractivity contribution in [2.75, 3.05) is 0 Å². The van der Waals surface area contributed by atoms with Gasteiger partial charge in [0.05, 0.1) is 11.0 Å². The Morgan fingerprint density at radius 1 is 0.263 bits per heavy atom. The lowest BCUT2D eigenvalue weighted by Gasteiger charge is -2.18. The maximum absolute atomic E-state index is 2.54. The highest BCUT2D eigenvalue weighted by atomic mass is 15.0. The Morgan fingerprint density at radius 3 is 1.32 bits per heavy atom. The van der Waals surface area contributed by atoms with Crippen LogP contribution < -0.4 is 0 Å². The van der Waals surface area contributed by atoms with Gasteiger partial charge in [-0.3, -0.25) is 0 Å². The smallest absolute Gasteiger partial charge is 0.0626 e. The highest BCUT2D eigenvalue weighted by Gasteiger charge is 2.23. The van der Waals surface area contributed by atoms with Crippen molar-refractivity contribution in [3.8, 4) is 16.8 Å². The molecule has 0 unspecified atom stereocenters. The zero-order valence-corrected chi connectivity index (χ0v) is 30.8. The van der Waals surface area contributed by atoms with Crippen LogP contribution >= 0.6 is 0 Å². The van der Waals surface area contributed by atoms with E-state index >= 15 is 0 Å². The molecule has 57 heavy (non-hydrogen) atoms. The van der Waals surface area contributed by atoms with Gasteiger partial charge in [0.25, 0.3) is 0 Å². The lowest BCUT2D eigenvalue weighted by Crippen LogP contribution is -1.96. The minimum absolute atomic E-state index is 1.19. The van der Waals surface area contributed by atoms with Crippen LogP contribution in [0.3, 0.4) is 0 Å². The number of hydrogen-bond acceptors (Lipinski definition) is 0. The normalized spacial score (nSPS) is 12.6. The second-order valence-electron chi connectivity index (χ2n) is 16.0. The van der Waals surface area contributed by atoms with Crippen molar-refractivity contribution in [3.63, 3.8) is 0 Å². The molecule has 0 fully saturated rings. The van der Waals surface area contributed by atoms with E-state index in [0.29, 0.717) is 0 Å². The van der Waals surface area contributed by atoms with Crippen LogP contribution in [0.5, 0.6) is 0 Å². The van der Waals surface area contributed by atoms with E-state index in [9.17, 15) is 0 Å². The predicted molar refractivity (Wildman–Crippen MR) is 246 cm³/mol. The van der Waals surface area contributed by atoms with Crippen molar-refractivity contribution in [1.29, 1.82) is 0 Å². The van der Waals surface area contributed by atoms with Gasteiger partial charge >= 0.3 is 0 Å². The summed E-state index contributed by atoms with van der Waals surface area (Å²) in [6.07, 6.45) is 0. The number of para-hydroxylation sites is 1. The fourth-order valence-corrected chi connectivity index (χ4v) is 10.8. The van der Waals surface area contributed by atoms with Gasteiger partial charge in [0.1, 0.15) is 0 Å². The molecule has 0 N–H and O–H groups in total. The summed E-state index contributed by atoms with van der Waals surface area (Å²) in [5.41, 5.74) is 6.18. The standard InChI is InChI=1S/C56H31N/c1-3-15-44-42(13-1)47(40-27-36-23-19-32-9-7-10-33-20-24-37(28-40)52(36)50(32)33)31-48-43-14-2-4-16-45(43)56-55(54(44)48)46-17-5-6-18-49(46)57(56)41-29-38-25-21-34-11-8-12-35-22-26-39(30-41)53(38)51(34)35/h1-31H. The summed E-state index contributed by atoms with van der Waals surface area (Å²) in [6.45, 7) is 0. The summed E-state index contributed by atoms with van der Waals surface area (Å²) < 4.78 is 2.54. The molecule has 0 aliphatic heterocycles. The van der Waals surface area contributed by atoms with Crippen molar-refractivity contribution >= 4 is 119 Å². The third-order valence-electron chi connectivity index (χ3n) is 13.1. The predicted octanol–water partition coefficient (Wildman–Crippen LogP) is 15.7. The molecule has 14 aromatic rings. The number of hydrogen-bond donors (Lipinski definition) is 0. The van der Waals surface area contributed by atoms with Gasteiger partial charge in [-0.05, 0) is 134 Å². The highest BCUT2D eigenvalue weighted by molar-refractivity contribution is 6.38. The average molecular weight is 718 g/mol. The molecule has 1 heterocycles. The topological polar surface area (TPSA) is 4.93 Å². The zero-order valence-electron chi connectivity index (χ0n) is 30.8. The quantitative estimate of drug-likeness (QED) is 0.157. The number of benzene rings is 13. The summed E-state index contributed by atoms with van der Waals surface area (Å²) in [4.78, 5) is 0. The molecule has 0 aliphatic rings. The van der Waals surface area contributed by atoms with E-state index in [1.807, 2.05) is 0 Å². The average Bonchev–Trinajstić information content (AvgIpc) is 3.62. The van der Waals surface area contributed by atoms with E-state index in [2.05, 4.69) is 193 Å². The van der Waals surface area contributed by atoms with Gasteiger partial charge < -0.3 is 4.57 Å². The van der Waals surface area contributed by atoms with Crippen molar-refractivity contribution < 1.29 is 0 Å². The largest absolute Gasteiger partial charge is 0.309 e. The van der Waals surface area contributed by atoms with Crippen LogP contribution in [-0.4, -0.2) is 4.57 Å².